The van der Waals surface area contributed by atoms with Gasteiger partial charge in [-0.3, -0.25) is 4.79 Å². The molecule has 2 N–H and O–H groups in total. The van der Waals surface area contributed by atoms with Crippen molar-refractivity contribution in [3.05, 3.63) is 53.3 Å². The maximum atomic E-state index is 12.9. The van der Waals surface area contributed by atoms with E-state index in [9.17, 15) is 15.0 Å². The van der Waals surface area contributed by atoms with Gasteiger partial charge in [-0.1, -0.05) is 65.3 Å². The zero-order valence-electron chi connectivity index (χ0n) is 27.9. The molecule has 4 fully saturated rings. The summed E-state index contributed by atoms with van der Waals surface area (Å²) in [6, 6.07) is 0. The lowest BCUT2D eigenvalue weighted by molar-refractivity contribution is -0.155. The van der Waals surface area contributed by atoms with Gasteiger partial charge in [0.1, 0.15) is 11.9 Å². The largest absolute Gasteiger partial charge is 0.461 e. The monoisotopic (exact) mass is 607 g/mol. The van der Waals surface area contributed by atoms with Gasteiger partial charge in [0.2, 0.25) is 5.89 Å². The van der Waals surface area contributed by atoms with Gasteiger partial charge in [0.25, 0.3) is 0 Å². The highest BCUT2D eigenvalue weighted by atomic mass is 16.5. The first-order chi connectivity index (χ1) is 21.0. The number of nitrogens with zero attached hydrogens (tertiary/aromatic N) is 1. The van der Waals surface area contributed by atoms with E-state index < -0.39 is 12.2 Å². The number of ether oxygens (including phenoxy) is 1. The predicted molar refractivity (Wildman–Crippen MR) is 174 cm³/mol. The third-order valence-corrected chi connectivity index (χ3v) is 11.8. The summed E-state index contributed by atoms with van der Waals surface area (Å²) in [5.41, 5.74) is 3.23. The molecule has 0 aromatic carbocycles. The summed E-state index contributed by atoms with van der Waals surface area (Å²) in [5.74, 6) is 3.12. The van der Waals surface area contributed by atoms with Crippen molar-refractivity contribution in [3.8, 4) is 0 Å². The van der Waals surface area contributed by atoms with E-state index in [-0.39, 0.29) is 28.8 Å². The van der Waals surface area contributed by atoms with Crippen molar-refractivity contribution >= 4 is 5.97 Å². The van der Waals surface area contributed by atoms with Crippen LogP contribution >= 0.6 is 0 Å². The van der Waals surface area contributed by atoms with Crippen molar-refractivity contribution in [2.75, 3.05) is 0 Å². The fourth-order valence-corrected chi connectivity index (χ4v) is 8.83. The van der Waals surface area contributed by atoms with Gasteiger partial charge in [-0.15, -0.1) is 0 Å². The normalized spacial score (nSPS) is 33.0. The number of carbonyl (C=O) groups excluding carboxylic acids is 1. The smallest absolute Gasteiger partial charge is 0.308 e. The Bertz CT molecular complexity index is 1240. The quantitative estimate of drug-likeness (QED) is 0.233. The molecule has 4 aliphatic rings. The summed E-state index contributed by atoms with van der Waals surface area (Å²) >= 11 is 0. The Kier molecular flexibility index (Phi) is 10.3. The van der Waals surface area contributed by atoms with E-state index in [1.165, 1.54) is 31.3 Å². The Labute approximate surface area is 265 Å². The first kappa shape index (κ1) is 33.2. The SMILES string of the molecule is C=C1C(=CC=C2CCC[C@]3(C)[C@@H]([C@H](C)CC[C@H](OC(=O)C(C)C)C4(c5ncc(CCCC)o5)CC4)CC[C@@H]23)C[C@@H](O)C[C@@H]1O. The zero-order valence-corrected chi connectivity index (χ0v) is 27.9. The van der Waals surface area contributed by atoms with Gasteiger partial charge in [-0.25, -0.2) is 4.98 Å². The zero-order chi connectivity index (χ0) is 31.6. The number of aliphatic hydroxyl groups is 2. The molecule has 4 aliphatic carbocycles. The number of aryl methyl sites for hydroxylation is 1. The molecule has 4 saturated carbocycles. The summed E-state index contributed by atoms with van der Waals surface area (Å²) in [6.45, 7) is 15.0. The number of carbonyl (C=O) groups is 1. The fourth-order valence-electron chi connectivity index (χ4n) is 8.83. The van der Waals surface area contributed by atoms with E-state index >= 15 is 0 Å². The molecule has 44 heavy (non-hydrogen) atoms. The molecule has 1 aromatic heterocycles. The van der Waals surface area contributed by atoms with E-state index in [0.29, 0.717) is 30.6 Å². The van der Waals surface area contributed by atoms with Gasteiger partial charge in [0, 0.05) is 12.8 Å². The van der Waals surface area contributed by atoms with Crippen molar-refractivity contribution in [1.82, 2.24) is 4.98 Å². The molecule has 0 bridgehead atoms. The lowest BCUT2D eigenvalue weighted by Gasteiger charge is -2.44. The summed E-state index contributed by atoms with van der Waals surface area (Å²) in [6.07, 6.45) is 18.8. The van der Waals surface area contributed by atoms with Crippen LogP contribution in [0.4, 0.5) is 0 Å². The van der Waals surface area contributed by atoms with Crippen LogP contribution in [0.3, 0.4) is 0 Å². The molecule has 0 spiro atoms. The van der Waals surface area contributed by atoms with Gasteiger partial charge >= 0.3 is 5.97 Å². The van der Waals surface area contributed by atoms with E-state index in [1.54, 1.807) is 0 Å². The molecule has 6 nitrogen and oxygen atoms in total. The van der Waals surface area contributed by atoms with Crippen LogP contribution in [0.25, 0.3) is 0 Å². The van der Waals surface area contributed by atoms with Gasteiger partial charge < -0.3 is 19.4 Å². The number of hydrogen-bond acceptors (Lipinski definition) is 6. The van der Waals surface area contributed by atoms with Gasteiger partial charge in [0.05, 0.1) is 29.7 Å². The molecule has 244 valence electrons. The standard InChI is InChI=1S/C38H57NO5/c1-7-8-11-30-23-39-36(43-30)38(19-20-38)34(44-35(42)24(2)3)17-12-25(4)31-15-16-32-27(10-9-18-37(31,32)6)13-14-28-21-29(40)22-33(41)26(28)5/h13-14,23-25,29,31-34,40-41H,5,7-12,15-22H2,1-4,6H3/t25-,29-,31-,32+,33+,34+,37-/m1/s1. The van der Waals surface area contributed by atoms with Crippen LogP contribution in [0.15, 0.2) is 46.1 Å². The Hall–Kier alpha value is -2.18. The van der Waals surface area contributed by atoms with Gasteiger partial charge in [0.15, 0.2) is 0 Å². The van der Waals surface area contributed by atoms with Gasteiger partial charge in [-0.2, -0.15) is 0 Å². The first-order valence-corrected chi connectivity index (χ1v) is 17.6. The maximum Gasteiger partial charge on any atom is 0.308 e. The third-order valence-electron chi connectivity index (χ3n) is 11.8. The van der Waals surface area contributed by atoms with Crippen molar-refractivity contribution in [1.29, 1.82) is 0 Å². The van der Waals surface area contributed by atoms with Crippen LogP contribution in [0.1, 0.15) is 130 Å². The number of esters is 1. The number of unbranched alkanes of at least 4 members (excludes halogenated alkanes) is 1. The summed E-state index contributed by atoms with van der Waals surface area (Å²) in [5, 5.41) is 20.5. The molecular weight excluding hydrogens is 550 g/mol. The number of oxazole rings is 1. The second-order valence-corrected chi connectivity index (χ2v) is 15.2. The number of fused-ring (bicyclic) bond motifs is 1. The van der Waals surface area contributed by atoms with Crippen LogP contribution in [0.2, 0.25) is 0 Å². The first-order valence-electron chi connectivity index (χ1n) is 17.6. The summed E-state index contributed by atoms with van der Waals surface area (Å²) < 4.78 is 12.5. The summed E-state index contributed by atoms with van der Waals surface area (Å²) in [4.78, 5) is 17.6. The molecule has 0 unspecified atom stereocenters. The van der Waals surface area contributed by atoms with Crippen LogP contribution in [-0.4, -0.2) is 39.5 Å². The number of allylic oxidation sites excluding steroid dienone is 3. The molecule has 1 aromatic rings. The number of aliphatic hydroxyl groups excluding tert-OH is 2. The fraction of sp³-hybridized carbons (Fsp3) is 0.737. The molecule has 0 saturated heterocycles. The minimum Gasteiger partial charge on any atom is -0.461 e. The van der Waals surface area contributed by atoms with E-state index in [4.69, 9.17) is 14.1 Å². The number of rotatable bonds is 12. The number of aromatic nitrogens is 1. The van der Waals surface area contributed by atoms with Crippen molar-refractivity contribution in [2.45, 2.75) is 148 Å². The lowest BCUT2D eigenvalue weighted by atomic mass is 9.60. The molecule has 1 heterocycles. The average Bonchev–Trinajstić information content (AvgIpc) is 3.50. The van der Waals surface area contributed by atoms with E-state index in [1.807, 2.05) is 20.0 Å². The molecule has 0 aliphatic heterocycles. The van der Waals surface area contributed by atoms with Crippen LogP contribution in [0, 0.1) is 29.1 Å². The molecule has 5 rings (SSSR count). The molecule has 0 radical (unpaired) electrons. The van der Waals surface area contributed by atoms with Crippen LogP contribution < -0.4 is 0 Å². The Morgan fingerprint density at radius 1 is 1.18 bits per heavy atom. The number of hydrogen-bond donors (Lipinski definition) is 2. The lowest BCUT2D eigenvalue weighted by Crippen LogP contribution is -2.37. The maximum absolute atomic E-state index is 12.9. The van der Waals surface area contributed by atoms with Crippen molar-refractivity contribution in [3.63, 3.8) is 0 Å². The Balaban J connectivity index is 1.28. The molecule has 7 atom stereocenters. The molecule has 6 heteroatoms. The average molecular weight is 608 g/mol. The van der Waals surface area contributed by atoms with Crippen molar-refractivity contribution < 1.29 is 24.2 Å². The van der Waals surface area contributed by atoms with E-state index in [2.05, 4.69) is 39.5 Å². The third kappa shape index (κ3) is 6.82. The molecule has 0 amide bonds. The minimum absolute atomic E-state index is 0.128. The predicted octanol–water partition coefficient (Wildman–Crippen LogP) is 8.17. The van der Waals surface area contributed by atoms with Crippen LogP contribution in [0.5, 0.6) is 0 Å². The highest BCUT2D eigenvalue weighted by Crippen LogP contribution is 2.60. The van der Waals surface area contributed by atoms with Crippen LogP contribution in [-0.2, 0) is 21.4 Å². The minimum atomic E-state index is -0.651. The highest BCUT2D eigenvalue weighted by molar-refractivity contribution is 5.72. The van der Waals surface area contributed by atoms with Gasteiger partial charge in [-0.05, 0) is 105 Å². The second-order valence-electron chi connectivity index (χ2n) is 15.2. The molecular formula is C38H57NO5. The second kappa shape index (κ2) is 13.7. The highest BCUT2D eigenvalue weighted by Gasteiger charge is 2.57. The summed E-state index contributed by atoms with van der Waals surface area (Å²) in [7, 11) is 0. The van der Waals surface area contributed by atoms with E-state index in [0.717, 1.165) is 74.2 Å². The van der Waals surface area contributed by atoms with Crippen molar-refractivity contribution in [2.24, 2.45) is 29.1 Å². The Morgan fingerprint density at radius 3 is 2.66 bits per heavy atom. The topological polar surface area (TPSA) is 92.8 Å². The Morgan fingerprint density at radius 2 is 1.95 bits per heavy atom.